The Kier molecular flexibility index (Phi) is 1.95. The van der Waals surface area contributed by atoms with E-state index in [9.17, 15) is 0 Å². The molecule has 0 fully saturated rings. The molecule has 0 atom stereocenters. The zero-order valence-electron chi connectivity index (χ0n) is 8.27. The van der Waals surface area contributed by atoms with E-state index in [0.29, 0.717) is 0 Å². The van der Waals surface area contributed by atoms with Gasteiger partial charge in [-0.05, 0) is 23.4 Å². The summed E-state index contributed by atoms with van der Waals surface area (Å²) in [5, 5.41) is 0.842. The highest BCUT2D eigenvalue weighted by Crippen LogP contribution is 2.34. The topological polar surface area (TPSA) is 38.7 Å². The summed E-state index contributed by atoms with van der Waals surface area (Å²) in [5.41, 5.74) is 4.76. The monoisotopic (exact) mass is 215 g/mol. The van der Waals surface area contributed by atoms with Gasteiger partial charge in [0.25, 0.3) is 0 Å². The minimum absolute atomic E-state index is 0.842. The van der Waals surface area contributed by atoms with Crippen molar-refractivity contribution in [3.63, 3.8) is 0 Å². The number of hydrogen-bond acceptors (Lipinski definition) is 4. The van der Waals surface area contributed by atoms with E-state index >= 15 is 0 Å². The molecule has 0 saturated carbocycles. The predicted molar refractivity (Wildman–Crippen MR) is 59.9 cm³/mol. The first kappa shape index (κ1) is 8.85. The van der Waals surface area contributed by atoms with Gasteiger partial charge in [0.05, 0.1) is 5.69 Å². The van der Waals surface area contributed by atoms with Crippen LogP contribution in [0.3, 0.4) is 0 Å². The number of hydrogen-bond donors (Lipinski definition) is 0. The lowest BCUT2D eigenvalue weighted by molar-refractivity contribution is 0.924. The van der Waals surface area contributed by atoms with E-state index in [-0.39, 0.29) is 0 Å². The van der Waals surface area contributed by atoms with E-state index in [1.807, 2.05) is 30.9 Å². The molecule has 74 valence electrons. The van der Waals surface area contributed by atoms with Crippen LogP contribution in [0.25, 0.3) is 11.1 Å². The van der Waals surface area contributed by atoms with Crippen LogP contribution in [0, 0.1) is 0 Å². The normalized spacial score (nSPS) is 12.3. The van der Waals surface area contributed by atoms with Crippen molar-refractivity contribution in [1.29, 1.82) is 0 Å². The van der Waals surface area contributed by atoms with E-state index in [0.717, 1.165) is 22.8 Å². The van der Waals surface area contributed by atoms with Gasteiger partial charge in [-0.25, -0.2) is 9.97 Å². The van der Waals surface area contributed by atoms with Crippen molar-refractivity contribution >= 4 is 11.8 Å². The maximum Gasteiger partial charge on any atom is 0.187 e. The summed E-state index contributed by atoms with van der Waals surface area (Å²) in [5.74, 6) is 0. The van der Waals surface area contributed by atoms with Crippen molar-refractivity contribution < 1.29 is 0 Å². The van der Waals surface area contributed by atoms with Gasteiger partial charge >= 0.3 is 0 Å². The maximum absolute atomic E-state index is 4.51. The van der Waals surface area contributed by atoms with Gasteiger partial charge in [0.1, 0.15) is 0 Å². The summed E-state index contributed by atoms with van der Waals surface area (Å²) >= 11 is 1.58. The molecule has 0 amide bonds. The molecule has 0 spiro atoms. The smallest absolute Gasteiger partial charge is 0.187 e. The van der Waals surface area contributed by atoms with Gasteiger partial charge in [-0.15, -0.1) is 0 Å². The van der Waals surface area contributed by atoms with Gasteiger partial charge in [-0.2, -0.15) is 0 Å². The van der Waals surface area contributed by atoms with Gasteiger partial charge in [0, 0.05) is 30.6 Å². The molecule has 2 heterocycles. The van der Waals surface area contributed by atoms with Crippen LogP contribution < -0.4 is 0 Å². The van der Waals surface area contributed by atoms with Gasteiger partial charge < -0.3 is 0 Å². The van der Waals surface area contributed by atoms with E-state index < -0.39 is 0 Å². The predicted octanol–water partition coefficient (Wildman–Crippen LogP) is 2.16. The minimum atomic E-state index is 0.842. The molecule has 3 nitrogen and oxygen atoms in total. The largest absolute Gasteiger partial charge is 0.264 e. The van der Waals surface area contributed by atoms with Gasteiger partial charge in [-0.1, -0.05) is 11.8 Å². The Morgan fingerprint density at radius 1 is 1.27 bits per heavy atom. The molecule has 2 aromatic rings. The summed E-state index contributed by atoms with van der Waals surface area (Å²) in [6, 6.07) is 2.03. The minimum Gasteiger partial charge on any atom is -0.264 e. The molecule has 4 heteroatoms. The molecule has 0 bridgehead atoms. The fraction of sp³-hybridized carbons (Fsp3) is 0.182. The first-order valence-corrected chi connectivity index (χ1v) is 5.94. The van der Waals surface area contributed by atoms with Crippen LogP contribution in [0.5, 0.6) is 0 Å². The number of pyridine rings is 1. The third kappa shape index (κ3) is 1.33. The van der Waals surface area contributed by atoms with E-state index in [1.54, 1.807) is 11.8 Å². The van der Waals surface area contributed by atoms with Crippen LogP contribution in [-0.4, -0.2) is 21.2 Å². The quantitative estimate of drug-likeness (QED) is 0.460. The molecule has 0 unspecified atom stereocenters. The zero-order valence-corrected chi connectivity index (χ0v) is 9.08. The summed E-state index contributed by atoms with van der Waals surface area (Å²) in [4.78, 5) is 12.9. The number of thioether (sulfide) groups is 1. The SMILES string of the molecule is CSc1ncc2c(n1)Cc1cnccc1-2. The van der Waals surface area contributed by atoms with Crippen LogP contribution in [0.4, 0.5) is 0 Å². The maximum atomic E-state index is 4.51. The zero-order chi connectivity index (χ0) is 10.3. The average molecular weight is 215 g/mol. The van der Waals surface area contributed by atoms with Crippen molar-refractivity contribution in [1.82, 2.24) is 15.0 Å². The molecule has 0 aromatic carbocycles. The first-order valence-electron chi connectivity index (χ1n) is 4.71. The van der Waals surface area contributed by atoms with Crippen LogP contribution in [-0.2, 0) is 6.42 Å². The second kappa shape index (κ2) is 3.31. The number of fused-ring (bicyclic) bond motifs is 3. The van der Waals surface area contributed by atoms with Crippen LogP contribution >= 0.6 is 11.8 Å². The van der Waals surface area contributed by atoms with Gasteiger partial charge in [-0.3, -0.25) is 4.98 Å². The van der Waals surface area contributed by atoms with E-state index in [4.69, 9.17) is 0 Å². The number of nitrogens with zero attached hydrogens (tertiary/aromatic N) is 3. The second-order valence-electron chi connectivity index (χ2n) is 3.43. The van der Waals surface area contributed by atoms with Crippen LogP contribution in [0.15, 0.2) is 29.8 Å². The Labute approximate surface area is 92.0 Å². The molecule has 0 N–H and O–H groups in total. The van der Waals surface area contributed by atoms with Gasteiger partial charge in [0.2, 0.25) is 0 Å². The van der Waals surface area contributed by atoms with E-state index in [1.165, 1.54) is 11.1 Å². The number of rotatable bonds is 1. The van der Waals surface area contributed by atoms with Crippen molar-refractivity contribution in [2.75, 3.05) is 6.26 Å². The molecular formula is C11H9N3S. The highest BCUT2D eigenvalue weighted by Gasteiger charge is 2.20. The summed E-state index contributed by atoms with van der Waals surface area (Å²) in [6.45, 7) is 0. The fourth-order valence-electron chi connectivity index (χ4n) is 1.87. The average Bonchev–Trinajstić information content (AvgIpc) is 2.66. The highest BCUT2D eigenvalue weighted by molar-refractivity contribution is 7.98. The molecule has 1 aliphatic carbocycles. The number of aromatic nitrogens is 3. The summed E-state index contributed by atoms with van der Waals surface area (Å²) in [6.07, 6.45) is 8.52. The van der Waals surface area contributed by atoms with Crippen LogP contribution in [0.1, 0.15) is 11.3 Å². The van der Waals surface area contributed by atoms with Crippen LogP contribution in [0.2, 0.25) is 0 Å². The third-order valence-corrected chi connectivity index (χ3v) is 3.14. The first-order chi connectivity index (χ1) is 7.38. The molecular weight excluding hydrogens is 206 g/mol. The Balaban J connectivity index is 2.18. The van der Waals surface area contributed by atoms with Crippen molar-refractivity contribution in [2.24, 2.45) is 0 Å². The molecule has 0 aliphatic heterocycles. The lowest BCUT2D eigenvalue weighted by Gasteiger charge is -2.00. The molecule has 0 radical (unpaired) electrons. The molecule has 1 aliphatic rings. The standard InChI is InChI=1S/C11H9N3S/c1-15-11-13-6-9-8-2-3-12-5-7(8)4-10(9)14-11/h2-3,5-6H,4H2,1H3. The van der Waals surface area contributed by atoms with E-state index in [2.05, 4.69) is 15.0 Å². The van der Waals surface area contributed by atoms with Crippen molar-refractivity contribution in [3.05, 3.63) is 35.9 Å². The Hall–Kier alpha value is -1.42. The molecule has 3 rings (SSSR count). The Morgan fingerprint density at radius 3 is 3.07 bits per heavy atom. The Bertz CT molecular complexity index is 525. The molecule has 0 saturated heterocycles. The third-order valence-electron chi connectivity index (χ3n) is 2.58. The van der Waals surface area contributed by atoms with Gasteiger partial charge in [0.15, 0.2) is 5.16 Å². The van der Waals surface area contributed by atoms with Crippen molar-refractivity contribution in [2.45, 2.75) is 11.6 Å². The lowest BCUT2D eigenvalue weighted by Crippen LogP contribution is -1.91. The highest BCUT2D eigenvalue weighted by atomic mass is 32.2. The van der Waals surface area contributed by atoms with Crippen molar-refractivity contribution in [3.8, 4) is 11.1 Å². The fourth-order valence-corrected chi connectivity index (χ4v) is 2.23. The second-order valence-corrected chi connectivity index (χ2v) is 4.20. The Morgan fingerprint density at radius 2 is 2.20 bits per heavy atom. The summed E-state index contributed by atoms with van der Waals surface area (Å²) < 4.78 is 0. The lowest BCUT2D eigenvalue weighted by atomic mass is 10.1. The summed E-state index contributed by atoms with van der Waals surface area (Å²) in [7, 11) is 0. The molecule has 15 heavy (non-hydrogen) atoms. The molecule has 2 aromatic heterocycles.